The first kappa shape index (κ1) is 14.5. The molecule has 1 aliphatic heterocycles. The molecule has 1 aliphatic rings. The van der Waals surface area contributed by atoms with Crippen molar-refractivity contribution in [3.63, 3.8) is 0 Å². The van der Waals surface area contributed by atoms with E-state index in [9.17, 15) is 0 Å². The second kappa shape index (κ2) is 7.04. The summed E-state index contributed by atoms with van der Waals surface area (Å²) in [5.41, 5.74) is 2.56. The van der Waals surface area contributed by atoms with Gasteiger partial charge in [0.2, 0.25) is 0 Å². The zero-order valence-corrected chi connectivity index (χ0v) is 12.7. The molecule has 0 radical (unpaired) electrons. The van der Waals surface area contributed by atoms with Crippen LogP contribution in [0.3, 0.4) is 0 Å². The van der Waals surface area contributed by atoms with Gasteiger partial charge in [0.15, 0.2) is 6.67 Å². The molecule has 20 heavy (non-hydrogen) atoms. The summed E-state index contributed by atoms with van der Waals surface area (Å²) >= 11 is 0. The summed E-state index contributed by atoms with van der Waals surface area (Å²) in [5.74, 6) is 0. The fourth-order valence-corrected chi connectivity index (χ4v) is 2.16. The minimum atomic E-state index is 0. The molecule has 0 N–H and O–H groups in total. The number of nitrogens with zero attached hydrogens (tertiary/aromatic N) is 3. The normalized spacial score (nSPS) is 13.0. The summed E-state index contributed by atoms with van der Waals surface area (Å²) in [4.78, 5) is 2.10. The van der Waals surface area contributed by atoms with Gasteiger partial charge < -0.3 is 17.0 Å². The van der Waals surface area contributed by atoms with Crippen molar-refractivity contribution in [1.29, 1.82) is 0 Å². The summed E-state index contributed by atoms with van der Waals surface area (Å²) < 4.78 is 0. The van der Waals surface area contributed by atoms with Crippen LogP contribution in [0.25, 0.3) is 0 Å². The Balaban J connectivity index is 0.00000147. The predicted octanol–water partition coefficient (Wildman–Crippen LogP) is -0.214. The smallest absolute Gasteiger partial charge is 0.544 e. The van der Waals surface area contributed by atoms with Gasteiger partial charge in [-0.2, -0.15) is 0 Å². The highest BCUT2D eigenvalue weighted by Gasteiger charge is 2.27. The summed E-state index contributed by atoms with van der Waals surface area (Å²) in [7, 11) is 0. The van der Waals surface area contributed by atoms with Crippen LogP contribution in [0, 0.1) is 0 Å². The fourth-order valence-electron chi connectivity index (χ4n) is 2.16. The van der Waals surface area contributed by atoms with Gasteiger partial charge in [-0.05, 0) is 11.1 Å². The Morgan fingerprint density at radius 1 is 0.850 bits per heavy atom. The second-order valence-electron chi connectivity index (χ2n) is 4.68. The zero-order valence-electron chi connectivity index (χ0n) is 11.1. The van der Waals surface area contributed by atoms with Crippen molar-refractivity contribution in [1.82, 2.24) is 9.91 Å². The van der Waals surface area contributed by atoms with Gasteiger partial charge in [-0.15, -0.1) is 4.90 Å². The lowest BCUT2D eigenvalue weighted by Gasteiger charge is -2.11. The first-order valence-corrected chi connectivity index (χ1v) is 6.44. The minimum Gasteiger partial charge on any atom is -1.00 e. The highest BCUT2D eigenvalue weighted by atomic mass is 79.9. The number of hydrogen-bond donors (Lipinski definition) is 0. The van der Waals surface area contributed by atoms with Crippen molar-refractivity contribution < 1.29 is 17.0 Å². The Bertz CT molecular complexity index is 493. The van der Waals surface area contributed by atoms with Crippen LogP contribution in [0.1, 0.15) is 11.1 Å². The molecule has 0 amide bonds. The topological polar surface area (TPSA) is 18.8 Å². The quantitative estimate of drug-likeness (QED) is 0.723. The molecule has 0 spiro atoms. The SMILES string of the molecule is [Br-].[C+]1=NN(Cc2ccccc2)CN1Cc1ccccc1. The summed E-state index contributed by atoms with van der Waals surface area (Å²) in [6.07, 6.45) is 3.06. The van der Waals surface area contributed by atoms with Gasteiger partial charge in [-0.25, -0.2) is 5.01 Å². The predicted molar refractivity (Wildman–Crippen MR) is 76.3 cm³/mol. The molecular formula is C16H16BrN3. The number of hydrazone groups is 1. The van der Waals surface area contributed by atoms with Gasteiger partial charge in [0.1, 0.15) is 5.10 Å². The zero-order chi connectivity index (χ0) is 12.9. The van der Waals surface area contributed by atoms with Crippen LogP contribution >= 0.6 is 0 Å². The van der Waals surface area contributed by atoms with Crippen LogP contribution in [-0.4, -0.2) is 22.9 Å². The largest absolute Gasteiger partial charge is 1.00 e. The first-order valence-electron chi connectivity index (χ1n) is 6.44. The fraction of sp³-hybridized carbons (Fsp3) is 0.188. The van der Waals surface area contributed by atoms with E-state index >= 15 is 0 Å². The molecule has 2 aromatic carbocycles. The molecule has 0 unspecified atom stereocenters. The van der Waals surface area contributed by atoms with Crippen molar-refractivity contribution in [2.24, 2.45) is 5.10 Å². The third-order valence-electron chi connectivity index (χ3n) is 3.09. The van der Waals surface area contributed by atoms with Crippen molar-refractivity contribution in [2.75, 3.05) is 6.67 Å². The van der Waals surface area contributed by atoms with Crippen molar-refractivity contribution in [3.8, 4) is 0 Å². The third-order valence-corrected chi connectivity index (χ3v) is 3.09. The van der Waals surface area contributed by atoms with E-state index in [2.05, 4.69) is 64.9 Å². The molecule has 0 saturated carbocycles. The van der Waals surface area contributed by atoms with Crippen LogP contribution in [0.5, 0.6) is 0 Å². The molecule has 1 heterocycles. The van der Waals surface area contributed by atoms with Crippen molar-refractivity contribution >= 4 is 6.34 Å². The lowest BCUT2D eigenvalue weighted by Crippen LogP contribution is -3.00. The van der Waals surface area contributed by atoms with Crippen LogP contribution in [0.2, 0.25) is 0 Å². The van der Waals surface area contributed by atoms with E-state index in [4.69, 9.17) is 0 Å². The average molecular weight is 330 g/mol. The Labute approximate surface area is 130 Å². The number of halogens is 1. The molecule has 0 aromatic heterocycles. The van der Waals surface area contributed by atoms with Crippen LogP contribution in [0.15, 0.2) is 65.8 Å². The average Bonchev–Trinajstić information content (AvgIpc) is 2.88. The maximum atomic E-state index is 4.32. The van der Waals surface area contributed by atoms with E-state index in [1.807, 2.05) is 17.1 Å². The highest BCUT2D eigenvalue weighted by Crippen LogP contribution is 2.12. The van der Waals surface area contributed by atoms with E-state index in [1.165, 1.54) is 11.1 Å². The van der Waals surface area contributed by atoms with Crippen LogP contribution in [0.4, 0.5) is 0 Å². The van der Waals surface area contributed by atoms with Crippen LogP contribution < -0.4 is 17.0 Å². The molecule has 0 atom stereocenters. The Kier molecular flexibility index (Phi) is 5.10. The van der Waals surface area contributed by atoms with Gasteiger partial charge in [0, 0.05) is 0 Å². The van der Waals surface area contributed by atoms with Gasteiger partial charge >= 0.3 is 6.34 Å². The molecule has 0 aliphatic carbocycles. The van der Waals surface area contributed by atoms with E-state index in [-0.39, 0.29) is 17.0 Å². The lowest BCUT2D eigenvalue weighted by molar-refractivity contribution is -0.00000389. The molecule has 0 saturated heterocycles. The lowest BCUT2D eigenvalue weighted by atomic mass is 10.2. The molecular weight excluding hydrogens is 314 g/mol. The van der Waals surface area contributed by atoms with E-state index in [0.29, 0.717) is 0 Å². The van der Waals surface area contributed by atoms with Crippen molar-refractivity contribution in [2.45, 2.75) is 13.1 Å². The maximum Gasteiger partial charge on any atom is 0.544 e. The van der Waals surface area contributed by atoms with Gasteiger partial charge in [-0.1, -0.05) is 60.7 Å². The number of rotatable bonds is 4. The monoisotopic (exact) mass is 329 g/mol. The Morgan fingerprint density at radius 2 is 1.40 bits per heavy atom. The van der Waals surface area contributed by atoms with Gasteiger partial charge in [0.25, 0.3) is 0 Å². The number of benzene rings is 2. The molecule has 3 rings (SSSR count). The molecule has 2 aromatic rings. The van der Waals surface area contributed by atoms with Gasteiger partial charge in [-0.3, -0.25) is 0 Å². The minimum absolute atomic E-state index is 0. The Hall–Kier alpha value is -1.90. The van der Waals surface area contributed by atoms with Crippen LogP contribution in [-0.2, 0) is 13.1 Å². The summed E-state index contributed by atoms with van der Waals surface area (Å²) in [6.45, 7) is 2.48. The second-order valence-corrected chi connectivity index (χ2v) is 4.68. The molecule has 0 bridgehead atoms. The Morgan fingerprint density at radius 3 is 2.00 bits per heavy atom. The third kappa shape index (κ3) is 3.80. The van der Waals surface area contributed by atoms with E-state index in [0.717, 1.165) is 19.8 Å². The molecule has 4 heteroatoms. The molecule has 0 fully saturated rings. The molecule has 3 nitrogen and oxygen atoms in total. The standard InChI is InChI=1S/C16H16N3.BrH/c1-3-7-15(8-4-1)11-18-13-17-19(14-18)12-16-9-5-2-6-10-16;/h1-10H,11-12,14H2;1H/q+1;/p-1. The highest BCUT2D eigenvalue weighted by molar-refractivity contribution is 5.56. The van der Waals surface area contributed by atoms with E-state index in [1.54, 1.807) is 0 Å². The first-order chi connectivity index (χ1) is 9.40. The summed E-state index contributed by atoms with van der Waals surface area (Å²) in [6, 6.07) is 20.8. The van der Waals surface area contributed by atoms with Crippen molar-refractivity contribution in [3.05, 3.63) is 71.8 Å². The summed E-state index contributed by atoms with van der Waals surface area (Å²) in [5, 5.41) is 6.34. The van der Waals surface area contributed by atoms with Gasteiger partial charge in [0.05, 0.1) is 13.1 Å². The maximum absolute atomic E-state index is 4.32. The van der Waals surface area contributed by atoms with E-state index < -0.39 is 0 Å². The number of hydrogen-bond acceptors (Lipinski definition) is 3. The molecule has 102 valence electrons.